The SMILES string of the molecule is CCC1=C(Cl)C(=O)C(NC(=O)C(CC)Oc2ccc(C(C)(C)CC)cc2C(C)(C)CC)CC1Cl. The zero-order chi connectivity index (χ0) is 25.8. The number of Topliss-reactive ketones (excluding diaryl/α,β-unsaturated/α-hetero) is 1. The molecule has 2 rings (SSSR count). The largest absolute Gasteiger partial charge is 0.480 e. The molecule has 190 valence electrons. The standard InChI is InChI=1S/C28H41Cl2NO3/c1-9-18-20(29)16-21(25(32)24(18)30)31-26(33)22(10-2)34-23-14-13-17(27(5,6)11-3)15-19(23)28(7,8)12-4/h13-15,20-22H,9-12,16H2,1-8H3,(H,31,33). The van der Waals surface area contributed by atoms with Crippen LogP contribution in [0, 0.1) is 0 Å². The van der Waals surface area contributed by atoms with Crippen molar-refractivity contribution in [1.82, 2.24) is 5.32 Å². The van der Waals surface area contributed by atoms with Gasteiger partial charge in [-0.05, 0) is 60.1 Å². The van der Waals surface area contributed by atoms with Crippen molar-refractivity contribution in [2.45, 2.75) is 116 Å². The molecule has 1 N–H and O–H groups in total. The van der Waals surface area contributed by atoms with E-state index < -0.39 is 12.1 Å². The van der Waals surface area contributed by atoms with Gasteiger partial charge in [0, 0.05) is 5.56 Å². The van der Waals surface area contributed by atoms with Gasteiger partial charge in [0.25, 0.3) is 5.91 Å². The number of carbonyl (C=O) groups excluding carboxylic acids is 2. The van der Waals surface area contributed by atoms with Gasteiger partial charge < -0.3 is 10.1 Å². The van der Waals surface area contributed by atoms with Crippen molar-refractivity contribution in [3.63, 3.8) is 0 Å². The molecule has 1 aromatic rings. The lowest BCUT2D eigenvalue weighted by Gasteiger charge is -2.32. The Morgan fingerprint density at radius 3 is 2.26 bits per heavy atom. The highest BCUT2D eigenvalue weighted by Crippen LogP contribution is 2.39. The van der Waals surface area contributed by atoms with Gasteiger partial charge in [-0.2, -0.15) is 0 Å². The Kier molecular flexibility index (Phi) is 9.69. The molecule has 0 saturated carbocycles. The summed E-state index contributed by atoms with van der Waals surface area (Å²) in [5.74, 6) is 0.103. The minimum atomic E-state index is -0.741. The molecule has 1 amide bonds. The summed E-state index contributed by atoms with van der Waals surface area (Å²) in [5, 5.41) is 2.63. The number of nitrogens with one attached hydrogen (secondary N) is 1. The fraction of sp³-hybridized carbons (Fsp3) is 0.643. The van der Waals surface area contributed by atoms with Crippen molar-refractivity contribution in [2.75, 3.05) is 0 Å². The summed E-state index contributed by atoms with van der Waals surface area (Å²) in [4.78, 5) is 25.9. The average molecular weight is 511 g/mol. The molecular weight excluding hydrogens is 469 g/mol. The molecule has 1 aliphatic carbocycles. The number of rotatable bonds is 10. The summed E-state index contributed by atoms with van der Waals surface area (Å²) in [6, 6.07) is 5.57. The quantitative estimate of drug-likeness (QED) is 0.339. The van der Waals surface area contributed by atoms with E-state index in [9.17, 15) is 9.59 Å². The number of amides is 1. The topological polar surface area (TPSA) is 55.4 Å². The van der Waals surface area contributed by atoms with Crippen molar-refractivity contribution >= 4 is 34.9 Å². The van der Waals surface area contributed by atoms with Gasteiger partial charge in [-0.1, -0.05) is 79.1 Å². The van der Waals surface area contributed by atoms with E-state index >= 15 is 0 Å². The molecule has 3 atom stereocenters. The Hall–Kier alpha value is -1.52. The van der Waals surface area contributed by atoms with Crippen LogP contribution in [0.1, 0.15) is 98.6 Å². The van der Waals surface area contributed by atoms with E-state index in [0.29, 0.717) is 25.0 Å². The Morgan fingerprint density at radius 2 is 1.74 bits per heavy atom. The number of hydrogen-bond acceptors (Lipinski definition) is 3. The Balaban J connectivity index is 2.31. The first kappa shape index (κ1) is 28.7. The smallest absolute Gasteiger partial charge is 0.261 e. The summed E-state index contributed by atoms with van der Waals surface area (Å²) in [5.41, 5.74) is 3.01. The van der Waals surface area contributed by atoms with Crippen LogP contribution < -0.4 is 10.1 Å². The molecule has 34 heavy (non-hydrogen) atoms. The molecule has 0 fully saturated rings. The second-order valence-electron chi connectivity index (χ2n) is 10.5. The molecular formula is C28H41Cl2NO3. The fourth-order valence-electron chi connectivity index (χ4n) is 4.12. The third kappa shape index (κ3) is 6.18. The van der Waals surface area contributed by atoms with Crippen molar-refractivity contribution < 1.29 is 14.3 Å². The van der Waals surface area contributed by atoms with Crippen molar-refractivity contribution in [3.8, 4) is 5.75 Å². The lowest BCUT2D eigenvalue weighted by Crippen LogP contribution is -2.50. The number of carbonyl (C=O) groups is 2. The molecule has 0 heterocycles. The molecule has 0 radical (unpaired) electrons. The second kappa shape index (κ2) is 11.5. The monoisotopic (exact) mass is 509 g/mol. The summed E-state index contributed by atoms with van der Waals surface area (Å²) >= 11 is 12.7. The van der Waals surface area contributed by atoms with Gasteiger partial charge in [0.05, 0.1) is 16.5 Å². The van der Waals surface area contributed by atoms with Crippen LogP contribution in [-0.4, -0.2) is 29.2 Å². The lowest BCUT2D eigenvalue weighted by molar-refractivity contribution is -0.131. The van der Waals surface area contributed by atoms with Crippen LogP contribution in [0.3, 0.4) is 0 Å². The number of allylic oxidation sites excluding steroid dienone is 1. The maximum Gasteiger partial charge on any atom is 0.261 e. The second-order valence-corrected chi connectivity index (χ2v) is 11.4. The number of alkyl halides is 1. The van der Waals surface area contributed by atoms with Crippen molar-refractivity contribution in [2.24, 2.45) is 0 Å². The number of ketones is 1. The van der Waals surface area contributed by atoms with Gasteiger partial charge >= 0.3 is 0 Å². The predicted octanol–water partition coefficient (Wildman–Crippen LogP) is 7.19. The predicted molar refractivity (Wildman–Crippen MR) is 142 cm³/mol. The molecule has 0 saturated heterocycles. The van der Waals surface area contributed by atoms with E-state index in [1.807, 2.05) is 19.9 Å². The highest BCUT2D eigenvalue weighted by atomic mass is 35.5. The number of hydrogen-bond donors (Lipinski definition) is 1. The van der Waals surface area contributed by atoms with Crippen LogP contribution in [0.15, 0.2) is 28.8 Å². The minimum Gasteiger partial charge on any atom is -0.480 e. The normalized spacial score (nSPS) is 20.4. The zero-order valence-electron chi connectivity index (χ0n) is 22.0. The Bertz CT molecular complexity index is 936. The molecule has 1 aliphatic rings. The highest BCUT2D eigenvalue weighted by Gasteiger charge is 2.36. The number of halogens is 2. The summed E-state index contributed by atoms with van der Waals surface area (Å²) in [6.45, 7) is 17.0. The van der Waals surface area contributed by atoms with Crippen molar-refractivity contribution in [3.05, 3.63) is 39.9 Å². The summed E-state index contributed by atoms with van der Waals surface area (Å²) < 4.78 is 6.32. The fourth-order valence-corrected chi connectivity index (χ4v) is 5.02. The Morgan fingerprint density at radius 1 is 1.12 bits per heavy atom. The molecule has 1 aromatic carbocycles. The molecule has 0 aliphatic heterocycles. The van der Waals surface area contributed by atoms with Gasteiger partial charge in [-0.25, -0.2) is 0 Å². The summed E-state index contributed by atoms with van der Waals surface area (Å²) in [7, 11) is 0. The van der Waals surface area contributed by atoms with E-state index in [-0.39, 0.29) is 32.9 Å². The first-order chi connectivity index (χ1) is 15.8. The maximum absolute atomic E-state index is 13.2. The van der Waals surface area contributed by atoms with Crippen LogP contribution in [0.5, 0.6) is 5.75 Å². The van der Waals surface area contributed by atoms with Crippen LogP contribution in [-0.2, 0) is 20.4 Å². The average Bonchev–Trinajstić information content (AvgIpc) is 2.80. The van der Waals surface area contributed by atoms with Gasteiger partial charge in [0.1, 0.15) is 5.75 Å². The molecule has 0 bridgehead atoms. The Labute approximate surface area is 215 Å². The van der Waals surface area contributed by atoms with Crippen molar-refractivity contribution in [1.29, 1.82) is 0 Å². The third-order valence-electron chi connectivity index (χ3n) is 7.52. The van der Waals surface area contributed by atoms with Gasteiger partial charge in [0.2, 0.25) is 0 Å². The highest BCUT2D eigenvalue weighted by molar-refractivity contribution is 6.45. The first-order valence-corrected chi connectivity index (χ1v) is 13.3. The molecule has 4 nitrogen and oxygen atoms in total. The van der Waals surface area contributed by atoms with E-state index in [2.05, 4.69) is 59.0 Å². The van der Waals surface area contributed by atoms with E-state index in [0.717, 1.165) is 24.0 Å². The molecule has 3 unspecified atom stereocenters. The van der Waals surface area contributed by atoms with E-state index in [4.69, 9.17) is 27.9 Å². The van der Waals surface area contributed by atoms with Crippen LogP contribution >= 0.6 is 23.2 Å². The van der Waals surface area contributed by atoms with E-state index in [1.165, 1.54) is 5.56 Å². The van der Waals surface area contributed by atoms with E-state index in [1.54, 1.807) is 0 Å². The maximum atomic E-state index is 13.2. The lowest BCUT2D eigenvalue weighted by atomic mass is 9.76. The zero-order valence-corrected chi connectivity index (χ0v) is 23.5. The molecule has 6 heteroatoms. The molecule has 0 spiro atoms. The van der Waals surface area contributed by atoms with Gasteiger partial charge in [-0.3, -0.25) is 9.59 Å². The summed E-state index contributed by atoms with van der Waals surface area (Å²) in [6.07, 6.45) is 2.63. The minimum absolute atomic E-state index is 0.0439. The third-order valence-corrected chi connectivity index (χ3v) is 8.39. The number of ether oxygens (including phenoxy) is 1. The van der Waals surface area contributed by atoms with Gasteiger partial charge in [0.15, 0.2) is 11.9 Å². The van der Waals surface area contributed by atoms with Gasteiger partial charge in [-0.15, -0.1) is 11.6 Å². The van der Waals surface area contributed by atoms with Crippen LogP contribution in [0.25, 0.3) is 0 Å². The number of benzene rings is 1. The van der Waals surface area contributed by atoms with Crippen LogP contribution in [0.2, 0.25) is 0 Å². The van der Waals surface area contributed by atoms with Crippen LogP contribution in [0.4, 0.5) is 0 Å². The first-order valence-electron chi connectivity index (χ1n) is 12.5. The molecule has 0 aromatic heterocycles.